The van der Waals surface area contributed by atoms with Crippen molar-refractivity contribution in [1.29, 1.82) is 0 Å². The number of allylic oxidation sites excluding steroid dienone is 3. The zero-order chi connectivity index (χ0) is 19.1. The van der Waals surface area contributed by atoms with Crippen LogP contribution in [0.2, 0.25) is 0 Å². The maximum absolute atomic E-state index is 5.89. The molecular weight excluding hydrogens is 324 g/mol. The fourth-order valence-corrected chi connectivity index (χ4v) is 3.47. The molecule has 4 nitrogen and oxygen atoms in total. The van der Waals surface area contributed by atoms with E-state index >= 15 is 0 Å². The zero-order valence-corrected chi connectivity index (χ0v) is 17.2. The van der Waals surface area contributed by atoms with Crippen LogP contribution in [0.3, 0.4) is 0 Å². The first-order chi connectivity index (χ1) is 12.5. The molecule has 0 saturated heterocycles. The third-order valence-corrected chi connectivity index (χ3v) is 5.04. The summed E-state index contributed by atoms with van der Waals surface area (Å²) in [6.07, 6.45) is 7.20. The highest BCUT2D eigenvalue weighted by Crippen LogP contribution is 2.27. The minimum atomic E-state index is 0.352. The Morgan fingerprint density at radius 3 is 2.46 bits per heavy atom. The summed E-state index contributed by atoms with van der Waals surface area (Å²) in [5, 5.41) is 2.28. The molecule has 4 heteroatoms. The van der Waals surface area contributed by atoms with Gasteiger partial charge in [0.1, 0.15) is 19.0 Å². The Labute approximate surface area is 159 Å². The van der Waals surface area contributed by atoms with Gasteiger partial charge in [-0.1, -0.05) is 52.3 Å². The van der Waals surface area contributed by atoms with Gasteiger partial charge in [0.2, 0.25) is 0 Å². The highest BCUT2D eigenvalue weighted by molar-refractivity contribution is 5.29. The summed E-state index contributed by atoms with van der Waals surface area (Å²) < 4.78 is 11.8. The predicted molar refractivity (Wildman–Crippen MR) is 108 cm³/mol. The molecule has 0 fully saturated rings. The van der Waals surface area contributed by atoms with Gasteiger partial charge >= 0.3 is 0 Å². The molecule has 0 aromatic carbocycles. The van der Waals surface area contributed by atoms with E-state index < -0.39 is 0 Å². The summed E-state index contributed by atoms with van der Waals surface area (Å²) in [6.45, 7) is 18.3. The molecule has 0 bridgehead atoms. The Kier molecular flexibility index (Phi) is 7.83. The van der Waals surface area contributed by atoms with E-state index in [2.05, 4.69) is 51.6 Å². The van der Waals surface area contributed by atoms with Crippen LogP contribution < -0.4 is 5.43 Å². The molecule has 0 radical (unpaired) electrons. The number of nitrogens with one attached hydrogen (secondary N) is 1. The number of ether oxygens (including phenoxy) is 2. The van der Waals surface area contributed by atoms with Gasteiger partial charge in [0.25, 0.3) is 0 Å². The molecule has 2 aliphatic rings. The standard InChI is InChI=1S/C22H36N2O2/c1-7-17(6)22-21(25-10-11-26-22)13-20(9-3)23-24-14-18(8-2)19(15-24)12-16(4)5/h9,13,16-17,23H,3,7-8,10-12,14-15H2,1-2,4-6H3/b20-13+. The van der Waals surface area contributed by atoms with E-state index in [1.807, 2.05) is 12.2 Å². The molecular formula is C22H36N2O2. The Morgan fingerprint density at radius 2 is 1.85 bits per heavy atom. The van der Waals surface area contributed by atoms with Crippen LogP contribution in [0.15, 0.2) is 47.1 Å². The summed E-state index contributed by atoms with van der Waals surface area (Å²) in [7, 11) is 0. The quantitative estimate of drug-likeness (QED) is 0.467. The Balaban J connectivity index is 2.11. The number of hydrogen-bond acceptors (Lipinski definition) is 4. The maximum Gasteiger partial charge on any atom is 0.159 e. The molecule has 1 unspecified atom stereocenters. The van der Waals surface area contributed by atoms with Crippen molar-refractivity contribution in [3.63, 3.8) is 0 Å². The van der Waals surface area contributed by atoms with Crippen LogP contribution in [0, 0.1) is 11.8 Å². The van der Waals surface area contributed by atoms with Crippen LogP contribution >= 0.6 is 0 Å². The second-order valence-corrected chi connectivity index (χ2v) is 7.67. The van der Waals surface area contributed by atoms with E-state index in [0.717, 1.165) is 43.1 Å². The second-order valence-electron chi connectivity index (χ2n) is 7.67. The van der Waals surface area contributed by atoms with Crippen LogP contribution in [0.25, 0.3) is 0 Å². The highest BCUT2D eigenvalue weighted by atomic mass is 16.6. The normalized spacial score (nSPS) is 20.3. The van der Waals surface area contributed by atoms with Gasteiger partial charge in [0.15, 0.2) is 5.76 Å². The zero-order valence-electron chi connectivity index (χ0n) is 17.2. The van der Waals surface area contributed by atoms with Gasteiger partial charge in [-0.25, -0.2) is 5.01 Å². The number of nitrogens with zero attached hydrogens (tertiary/aromatic N) is 1. The lowest BCUT2D eigenvalue weighted by molar-refractivity contribution is 0.0530. The SMILES string of the molecule is C=C/C(=C\C1=C(C(C)CC)OCCO1)NN1CC(CC)=C(CC(C)C)C1. The number of hydrazine groups is 1. The van der Waals surface area contributed by atoms with Gasteiger partial charge in [0.05, 0.1) is 5.70 Å². The first kappa shape index (κ1) is 20.6. The molecule has 0 amide bonds. The highest BCUT2D eigenvalue weighted by Gasteiger charge is 2.23. The first-order valence-corrected chi connectivity index (χ1v) is 10.0. The van der Waals surface area contributed by atoms with Crippen molar-refractivity contribution in [3.05, 3.63) is 47.1 Å². The van der Waals surface area contributed by atoms with E-state index in [-0.39, 0.29) is 0 Å². The van der Waals surface area contributed by atoms with E-state index in [9.17, 15) is 0 Å². The van der Waals surface area contributed by atoms with Crippen molar-refractivity contribution in [2.24, 2.45) is 11.8 Å². The van der Waals surface area contributed by atoms with Crippen LogP contribution in [-0.2, 0) is 9.47 Å². The Hall–Kier alpha value is -1.68. The minimum Gasteiger partial charge on any atom is -0.490 e. The van der Waals surface area contributed by atoms with Crippen LogP contribution in [0.1, 0.15) is 53.9 Å². The van der Waals surface area contributed by atoms with E-state index in [1.165, 1.54) is 6.42 Å². The molecule has 0 aromatic rings. The second kappa shape index (κ2) is 9.86. The van der Waals surface area contributed by atoms with E-state index in [1.54, 1.807) is 11.1 Å². The fraction of sp³-hybridized carbons (Fsp3) is 0.636. The molecule has 0 saturated carbocycles. The maximum atomic E-state index is 5.89. The predicted octanol–water partition coefficient (Wildman–Crippen LogP) is 4.93. The summed E-state index contributed by atoms with van der Waals surface area (Å²) in [5.74, 6) is 2.83. The van der Waals surface area contributed by atoms with Crippen molar-refractivity contribution in [2.75, 3.05) is 26.3 Å². The third kappa shape index (κ3) is 5.41. The van der Waals surface area contributed by atoms with Gasteiger partial charge < -0.3 is 14.9 Å². The lowest BCUT2D eigenvalue weighted by atomic mass is 9.99. The molecule has 2 rings (SSSR count). The van der Waals surface area contributed by atoms with E-state index in [4.69, 9.17) is 9.47 Å². The van der Waals surface area contributed by atoms with Crippen LogP contribution in [0.4, 0.5) is 0 Å². The monoisotopic (exact) mass is 360 g/mol. The Morgan fingerprint density at radius 1 is 1.15 bits per heavy atom. The molecule has 0 spiro atoms. The largest absolute Gasteiger partial charge is 0.490 e. The van der Waals surface area contributed by atoms with Gasteiger partial charge in [-0.05, 0) is 31.3 Å². The lowest BCUT2D eigenvalue weighted by Crippen LogP contribution is -2.36. The summed E-state index contributed by atoms with van der Waals surface area (Å²) in [5.41, 5.74) is 7.61. The number of hydrogen-bond donors (Lipinski definition) is 1. The van der Waals surface area contributed by atoms with Crippen molar-refractivity contribution in [3.8, 4) is 0 Å². The number of rotatable bonds is 9. The summed E-state index contributed by atoms with van der Waals surface area (Å²) in [6, 6.07) is 0. The van der Waals surface area contributed by atoms with Gasteiger partial charge in [-0.15, -0.1) is 0 Å². The van der Waals surface area contributed by atoms with Crippen molar-refractivity contribution >= 4 is 0 Å². The average Bonchev–Trinajstić information content (AvgIpc) is 3.01. The molecule has 1 atom stereocenters. The smallest absolute Gasteiger partial charge is 0.159 e. The van der Waals surface area contributed by atoms with E-state index in [0.29, 0.717) is 25.0 Å². The van der Waals surface area contributed by atoms with Crippen LogP contribution in [0.5, 0.6) is 0 Å². The van der Waals surface area contributed by atoms with Gasteiger partial charge in [0, 0.05) is 25.1 Å². The Bertz CT molecular complexity index is 587. The van der Waals surface area contributed by atoms with Crippen molar-refractivity contribution in [2.45, 2.75) is 53.9 Å². The molecule has 2 heterocycles. The average molecular weight is 361 g/mol. The van der Waals surface area contributed by atoms with Gasteiger partial charge in [-0.3, -0.25) is 0 Å². The molecule has 146 valence electrons. The fourth-order valence-electron chi connectivity index (χ4n) is 3.47. The molecule has 0 aromatic heterocycles. The summed E-state index contributed by atoms with van der Waals surface area (Å²) in [4.78, 5) is 0. The minimum absolute atomic E-state index is 0.352. The first-order valence-electron chi connectivity index (χ1n) is 10.0. The van der Waals surface area contributed by atoms with Crippen LogP contribution in [-0.4, -0.2) is 31.3 Å². The molecule has 0 aliphatic carbocycles. The molecule has 26 heavy (non-hydrogen) atoms. The summed E-state index contributed by atoms with van der Waals surface area (Å²) >= 11 is 0. The lowest BCUT2D eigenvalue weighted by Gasteiger charge is -2.25. The van der Waals surface area contributed by atoms with Crippen molar-refractivity contribution in [1.82, 2.24) is 10.4 Å². The third-order valence-electron chi connectivity index (χ3n) is 5.04. The molecule has 1 N–H and O–H groups in total. The van der Waals surface area contributed by atoms with Crippen molar-refractivity contribution < 1.29 is 9.47 Å². The van der Waals surface area contributed by atoms with Gasteiger partial charge in [-0.2, -0.15) is 0 Å². The molecule has 2 aliphatic heterocycles. The topological polar surface area (TPSA) is 33.7 Å².